The van der Waals surface area contributed by atoms with Crippen LogP contribution in [0, 0.1) is 0 Å². The summed E-state index contributed by atoms with van der Waals surface area (Å²) in [6, 6.07) is 60.5. The molecular formula is C46H29N3. The molecule has 0 N–H and O–H groups in total. The second-order valence-electron chi connectivity index (χ2n) is 12.7. The Labute approximate surface area is 285 Å². The van der Waals surface area contributed by atoms with Gasteiger partial charge in [-0.1, -0.05) is 146 Å². The molecule has 49 heavy (non-hydrogen) atoms. The highest BCUT2D eigenvalue weighted by Gasteiger charge is 2.52. The van der Waals surface area contributed by atoms with Crippen molar-refractivity contribution in [2.45, 2.75) is 5.41 Å². The molecule has 2 aliphatic carbocycles. The molecule has 0 fully saturated rings. The topological polar surface area (TPSA) is 38.7 Å². The van der Waals surface area contributed by atoms with Gasteiger partial charge in [0, 0.05) is 28.5 Å². The molecule has 2 aromatic heterocycles. The van der Waals surface area contributed by atoms with E-state index in [0.717, 1.165) is 39.3 Å². The predicted molar refractivity (Wildman–Crippen MR) is 198 cm³/mol. The van der Waals surface area contributed by atoms with Crippen molar-refractivity contribution in [2.75, 3.05) is 0 Å². The fourth-order valence-corrected chi connectivity index (χ4v) is 8.18. The summed E-state index contributed by atoms with van der Waals surface area (Å²) < 4.78 is 0. The molecule has 3 nitrogen and oxygen atoms in total. The van der Waals surface area contributed by atoms with Crippen molar-refractivity contribution in [3.05, 3.63) is 198 Å². The number of rotatable bonds is 4. The minimum absolute atomic E-state index is 0.412. The Balaban J connectivity index is 1.24. The molecule has 228 valence electrons. The van der Waals surface area contributed by atoms with Gasteiger partial charge in [-0.25, -0.2) is 9.97 Å². The number of nitrogens with zero attached hydrogens (tertiary/aromatic N) is 3. The van der Waals surface area contributed by atoms with Crippen LogP contribution in [0.3, 0.4) is 0 Å². The summed E-state index contributed by atoms with van der Waals surface area (Å²) in [5, 5.41) is 0. The zero-order valence-electron chi connectivity index (χ0n) is 26.6. The van der Waals surface area contributed by atoms with Crippen LogP contribution < -0.4 is 0 Å². The summed E-state index contributed by atoms with van der Waals surface area (Å²) in [7, 11) is 0. The number of fused-ring (bicyclic) bond motifs is 10. The van der Waals surface area contributed by atoms with E-state index in [2.05, 4.69) is 151 Å². The lowest BCUT2D eigenvalue weighted by molar-refractivity contribution is 0.794. The number of aromatic nitrogens is 3. The van der Waals surface area contributed by atoms with Crippen LogP contribution in [0.25, 0.3) is 67.4 Å². The van der Waals surface area contributed by atoms with Gasteiger partial charge in [0.2, 0.25) is 0 Å². The van der Waals surface area contributed by atoms with Gasteiger partial charge in [-0.2, -0.15) is 0 Å². The second-order valence-corrected chi connectivity index (χ2v) is 12.7. The first kappa shape index (κ1) is 27.6. The second kappa shape index (κ2) is 10.8. The van der Waals surface area contributed by atoms with Gasteiger partial charge >= 0.3 is 0 Å². The summed E-state index contributed by atoms with van der Waals surface area (Å²) in [5.41, 5.74) is 16.8. The maximum Gasteiger partial charge on any atom is 0.160 e. The number of hydrogen-bond acceptors (Lipinski definition) is 3. The van der Waals surface area contributed by atoms with E-state index in [-0.39, 0.29) is 0 Å². The molecule has 10 rings (SSSR count). The Kier molecular flexibility index (Phi) is 6.09. The number of pyridine rings is 1. The van der Waals surface area contributed by atoms with Gasteiger partial charge in [0.1, 0.15) is 0 Å². The molecule has 2 aliphatic rings. The first-order valence-electron chi connectivity index (χ1n) is 16.7. The maximum atomic E-state index is 5.36. The fourth-order valence-electron chi connectivity index (χ4n) is 8.18. The molecule has 0 atom stereocenters. The molecule has 2 heterocycles. The Morgan fingerprint density at radius 1 is 0.347 bits per heavy atom. The van der Waals surface area contributed by atoms with Crippen LogP contribution in [0.15, 0.2) is 176 Å². The third-order valence-corrected chi connectivity index (χ3v) is 10.2. The average molecular weight is 624 g/mol. The van der Waals surface area contributed by atoms with Gasteiger partial charge in [0.15, 0.2) is 5.82 Å². The largest absolute Gasteiger partial charge is 0.256 e. The molecule has 0 saturated carbocycles. The van der Waals surface area contributed by atoms with Crippen molar-refractivity contribution >= 4 is 0 Å². The summed E-state index contributed by atoms with van der Waals surface area (Å²) >= 11 is 0. The molecule has 0 radical (unpaired) electrons. The summed E-state index contributed by atoms with van der Waals surface area (Å²) in [4.78, 5) is 15.1. The van der Waals surface area contributed by atoms with Crippen LogP contribution in [0.4, 0.5) is 0 Å². The van der Waals surface area contributed by atoms with Crippen molar-refractivity contribution in [3.63, 3.8) is 0 Å². The minimum Gasteiger partial charge on any atom is -0.256 e. The SMILES string of the molecule is c1ccc(-c2cc(-c3cccc4c3-c3ccccc3C43c4ccccc4-c4ccccc43)nc(-c3cccc(-c4ccccn4)c3)n2)cc1. The lowest BCUT2D eigenvalue weighted by atomic mass is 9.70. The summed E-state index contributed by atoms with van der Waals surface area (Å²) in [5.74, 6) is 0.685. The minimum atomic E-state index is -0.412. The molecule has 0 bridgehead atoms. The van der Waals surface area contributed by atoms with Gasteiger partial charge in [0.05, 0.1) is 22.5 Å². The highest BCUT2D eigenvalue weighted by Crippen LogP contribution is 2.63. The van der Waals surface area contributed by atoms with Gasteiger partial charge in [-0.3, -0.25) is 4.98 Å². The molecule has 6 aromatic carbocycles. The first-order chi connectivity index (χ1) is 24.3. The van der Waals surface area contributed by atoms with Gasteiger partial charge in [0.25, 0.3) is 0 Å². The smallest absolute Gasteiger partial charge is 0.160 e. The van der Waals surface area contributed by atoms with Gasteiger partial charge in [-0.05, 0) is 68.8 Å². The predicted octanol–water partition coefficient (Wildman–Crippen LogP) is 10.9. The van der Waals surface area contributed by atoms with E-state index >= 15 is 0 Å². The Morgan fingerprint density at radius 2 is 0.898 bits per heavy atom. The van der Waals surface area contributed by atoms with Crippen LogP contribution in [0.1, 0.15) is 22.3 Å². The van der Waals surface area contributed by atoms with E-state index in [1.807, 2.05) is 30.5 Å². The molecule has 0 aliphatic heterocycles. The van der Waals surface area contributed by atoms with Gasteiger partial charge in [-0.15, -0.1) is 0 Å². The normalized spacial score (nSPS) is 13.1. The highest BCUT2D eigenvalue weighted by molar-refractivity contribution is 5.99. The van der Waals surface area contributed by atoms with E-state index in [9.17, 15) is 0 Å². The molecular weight excluding hydrogens is 595 g/mol. The third-order valence-electron chi connectivity index (χ3n) is 10.2. The highest BCUT2D eigenvalue weighted by atomic mass is 14.9. The lowest BCUT2D eigenvalue weighted by Gasteiger charge is -2.30. The zero-order valence-corrected chi connectivity index (χ0v) is 26.6. The summed E-state index contributed by atoms with van der Waals surface area (Å²) in [6.07, 6.45) is 1.83. The molecule has 3 heteroatoms. The molecule has 8 aromatic rings. The molecule has 0 unspecified atom stereocenters. The van der Waals surface area contributed by atoms with Gasteiger partial charge < -0.3 is 0 Å². The van der Waals surface area contributed by atoms with Crippen LogP contribution >= 0.6 is 0 Å². The summed E-state index contributed by atoms with van der Waals surface area (Å²) in [6.45, 7) is 0. The van der Waals surface area contributed by atoms with Crippen molar-refractivity contribution in [2.24, 2.45) is 0 Å². The number of benzene rings is 6. The van der Waals surface area contributed by atoms with E-state index in [0.29, 0.717) is 5.82 Å². The zero-order chi connectivity index (χ0) is 32.4. The van der Waals surface area contributed by atoms with Crippen LogP contribution in [0.2, 0.25) is 0 Å². The van der Waals surface area contributed by atoms with Crippen molar-refractivity contribution < 1.29 is 0 Å². The van der Waals surface area contributed by atoms with E-state index in [4.69, 9.17) is 9.97 Å². The lowest BCUT2D eigenvalue weighted by Crippen LogP contribution is -2.25. The maximum absolute atomic E-state index is 5.36. The van der Waals surface area contributed by atoms with E-state index < -0.39 is 5.41 Å². The van der Waals surface area contributed by atoms with Crippen molar-refractivity contribution in [1.29, 1.82) is 0 Å². The number of hydrogen-bond donors (Lipinski definition) is 0. The molecule has 0 saturated heterocycles. The first-order valence-corrected chi connectivity index (χ1v) is 16.7. The standard InChI is InChI=1S/C46H29N3/c1-2-14-30(15-3-1)42-29-43(49-45(48-42)32-17-12-16-31(28-32)41-26-10-11-27-47-41)36-21-13-25-40-44(36)35-20-6-9-24-39(35)46(40)37-22-7-4-18-33(37)34-19-5-8-23-38(34)46/h1-29H. The Morgan fingerprint density at radius 3 is 1.63 bits per heavy atom. The molecule has 0 amide bonds. The van der Waals surface area contributed by atoms with Crippen LogP contribution in [0.5, 0.6) is 0 Å². The van der Waals surface area contributed by atoms with Crippen molar-refractivity contribution in [1.82, 2.24) is 15.0 Å². The Hall–Kier alpha value is -6.45. The van der Waals surface area contributed by atoms with Crippen LogP contribution in [-0.4, -0.2) is 15.0 Å². The van der Waals surface area contributed by atoms with E-state index in [1.54, 1.807) is 0 Å². The van der Waals surface area contributed by atoms with E-state index in [1.165, 1.54) is 44.5 Å². The monoisotopic (exact) mass is 623 g/mol. The average Bonchev–Trinajstić information content (AvgIpc) is 3.66. The van der Waals surface area contributed by atoms with Crippen LogP contribution in [-0.2, 0) is 5.41 Å². The Bertz CT molecular complexity index is 2510. The molecule has 1 spiro atoms. The quantitative estimate of drug-likeness (QED) is 0.196. The third kappa shape index (κ3) is 4.06. The van der Waals surface area contributed by atoms with Crippen molar-refractivity contribution in [3.8, 4) is 67.4 Å². The fraction of sp³-hybridized carbons (Fsp3) is 0.0217.